The highest BCUT2D eigenvalue weighted by molar-refractivity contribution is 6.33. The van der Waals surface area contributed by atoms with Crippen molar-refractivity contribution in [1.82, 2.24) is 15.2 Å². The standard InChI is InChI=1S/C21H25ClN4O2/c1-23-20(27)16-8-6-15(7-9-16)14-25(2)19-18(22)12-17(13-24-19)21(28)26-10-4-3-5-11-26/h6-9,12-13H,3-5,10-11,14H2,1-2H3,(H,23,27). The zero-order chi connectivity index (χ0) is 20.1. The molecule has 0 aliphatic carbocycles. The Labute approximate surface area is 170 Å². The zero-order valence-electron chi connectivity index (χ0n) is 16.2. The van der Waals surface area contributed by atoms with E-state index in [4.69, 9.17) is 11.6 Å². The molecule has 0 bridgehead atoms. The van der Waals surface area contributed by atoms with Crippen LogP contribution < -0.4 is 10.2 Å². The molecule has 0 atom stereocenters. The van der Waals surface area contributed by atoms with Crippen LogP contribution in [0.5, 0.6) is 0 Å². The molecule has 2 amide bonds. The Morgan fingerprint density at radius 2 is 1.82 bits per heavy atom. The number of hydrogen-bond donors (Lipinski definition) is 1. The molecule has 0 saturated carbocycles. The molecule has 28 heavy (non-hydrogen) atoms. The van der Waals surface area contributed by atoms with E-state index >= 15 is 0 Å². The highest BCUT2D eigenvalue weighted by Gasteiger charge is 2.20. The summed E-state index contributed by atoms with van der Waals surface area (Å²) in [5, 5.41) is 3.06. The van der Waals surface area contributed by atoms with Gasteiger partial charge in [-0.3, -0.25) is 9.59 Å². The maximum atomic E-state index is 12.6. The fraction of sp³-hybridized carbons (Fsp3) is 0.381. The fourth-order valence-corrected chi connectivity index (χ4v) is 3.67. The summed E-state index contributed by atoms with van der Waals surface area (Å²) in [6.07, 6.45) is 4.87. The molecule has 3 rings (SSSR count). The van der Waals surface area contributed by atoms with Gasteiger partial charge in [-0.2, -0.15) is 0 Å². The number of carbonyl (C=O) groups is 2. The minimum absolute atomic E-state index is 0.00640. The van der Waals surface area contributed by atoms with Crippen LogP contribution in [-0.2, 0) is 6.54 Å². The molecule has 1 aliphatic rings. The SMILES string of the molecule is CNC(=O)c1ccc(CN(C)c2ncc(C(=O)N3CCCCC3)cc2Cl)cc1. The molecular weight excluding hydrogens is 376 g/mol. The Bertz CT molecular complexity index is 848. The normalized spacial score (nSPS) is 13.9. The van der Waals surface area contributed by atoms with E-state index in [-0.39, 0.29) is 11.8 Å². The lowest BCUT2D eigenvalue weighted by Gasteiger charge is -2.27. The number of halogens is 1. The van der Waals surface area contributed by atoms with Gasteiger partial charge in [0.1, 0.15) is 5.82 Å². The van der Waals surface area contributed by atoms with Gasteiger partial charge in [0.15, 0.2) is 0 Å². The van der Waals surface area contributed by atoms with Crippen molar-refractivity contribution >= 4 is 29.2 Å². The van der Waals surface area contributed by atoms with Gasteiger partial charge in [-0.25, -0.2) is 4.98 Å². The highest BCUT2D eigenvalue weighted by Crippen LogP contribution is 2.25. The van der Waals surface area contributed by atoms with Crippen LogP contribution in [0.1, 0.15) is 45.5 Å². The molecule has 7 heteroatoms. The smallest absolute Gasteiger partial charge is 0.255 e. The number of hydrogen-bond acceptors (Lipinski definition) is 4. The lowest BCUT2D eigenvalue weighted by Crippen LogP contribution is -2.35. The van der Waals surface area contributed by atoms with E-state index in [1.165, 1.54) is 6.42 Å². The summed E-state index contributed by atoms with van der Waals surface area (Å²) < 4.78 is 0. The van der Waals surface area contributed by atoms with E-state index < -0.39 is 0 Å². The monoisotopic (exact) mass is 400 g/mol. The molecule has 1 N–H and O–H groups in total. The molecule has 1 saturated heterocycles. The number of rotatable bonds is 5. The highest BCUT2D eigenvalue weighted by atomic mass is 35.5. The number of pyridine rings is 1. The molecule has 0 unspecified atom stereocenters. The van der Waals surface area contributed by atoms with E-state index in [0.29, 0.717) is 28.5 Å². The zero-order valence-corrected chi connectivity index (χ0v) is 17.0. The number of nitrogens with zero attached hydrogens (tertiary/aromatic N) is 3. The summed E-state index contributed by atoms with van der Waals surface area (Å²) in [6.45, 7) is 2.18. The Hall–Kier alpha value is -2.60. The van der Waals surface area contributed by atoms with E-state index in [0.717, 1.165) is 31.5 Å². The van der Waals surface area contributed by atoms with Crippen LogP contribution in [0.25, 0.3) is 0 Å². The topological polar surface area (TPSA) is 65.5 Å². The predicted molar refractivity (Wildman–Crippen MR) is 111 cm³/mol. The lowest BCUT2D eigenvalue weighted by molar-refractivity contribution is 0.0723. The lowest BCUT2D eigenvalue weighted by atomic mass is 10.1. The number of benzene rings is 1. The average molecular weight is 401 g/mol. The maximum Gasteiger partial charge on any atom is 0.255 e. The van der Waals surface area contributed by atoms with Gasteiger partial charge in [-0.1, -0.05) is 23.7 Å². The third-order valence-corrected chi connectivity index (χ3v) is 5.21. The molecular formula is C21H25ClN4O2. The number of carbonyl (C=O) groups excluding carboxylic acids is 2. The minimum Gasteiger partial charge on any atom is -0.355 e. The minimum atomic E-state index is -0.112. The summed E-state index contributed by atoms with van der Waals surface area (Å²) in [5.74, 6) is 0.499. The largest absolute Gasteiger partial charge is 0.355 e. The molecule has 1 aromatic carbocycles. The average Bonchev–Trinajstić information content (AvgIpc) is 2.73. The Morgan fingerprint density at radius 3 is 2.43 bits per heavy atom. The molecule has 2 heterocycles. The van der Waals surface area contributed by atoms with Crippen molar-refractivity contribution in [3.8, 4) is 0 Å². The predicted octanol–water partition coefficient (Wildman–Crippen LogP) is 3.36. The number of piperidine rings is 1. The third kappa shape index (κ3) is 4.62. The molecule has 0 radical (unpaired) electrons. The van der Waals surface area contributed by atoms with Crippen molar-refractivity contribution < 1.29 is 9.59 Å². The Morgan fingerprint density at radius 1 is 1.14 bits per heavy atom. The first-order valence-electron chi connectivity index (χ1n) is 9.46. The van der Waals surface area contributed by atoms with E-state index in [9.17, 15) is 9.59 Å². The van der Waals surface area contributed by atoms with Crippen LogP contribution >= 0.6 is 11.6 Å². The fourth-order valence-electron chi connectivity index (χ4n) is 3.36. The number of aromatic nitrogens is 1. The van der Waals surface area contributed by atoms with Crippen molar-refractivity contribution in [2.75, 3.05) is 32.1 Å². The van der Waals surface area contributed by atoms with Gasteiger partial charge >= 0.3 is 0 Å². The van der Waals surface area contributed by atoms with Crippen molar-refractivity contribution in [2.45, 2.75) is 25.8 Å². The summed E-state index contributed by atoms with van der Waals surface area (Å²) in [7, 11) is 3.50. The van der Waals surface area contributed by atoms with Crippen LogP contribution in [0.15, 0.2) is 36.5 Å². The summed E-state index contributed by atoms with van der Waals surface area (Å²) in [5.41, 5.74) is 2.17. The van der Waals surface area contributed by atoms with Crippen LogP contribution in [0, 0.1) is 0 Å². The Balaban J connectivity index is 1.69. The third-order valence-electron chi connectivity index (χ3n) is 4.94. The Kier molecular flexibility index (Phi) is 6.52. The summed E-state index contributed by atoms with van der Waals surface area (Å²) >= 11 is 6.43. The van der Waals surface area contributed by atoms with Gasteiger partial charge in [-0.05, 0) is 43.0 Å². The number of nitrogens with one attached hydrogen (secondary N) is 1. The van der Waals surface area contributed by atoms with Gasteiger partial charge in [0, 0.05) is 45.5 Å². The quantitative estimate of drug-likeness (QED) is 0.835. The second-order valence-corrected chi connectivity index (χ2v) is 7.42. The molecule has 148 valence electrons. The van der Waals surface area contributed by atoms with Crippen LogP contribution in [0.4, 0.5) is 5.82 Å². The van der Waals surface area contributed by atoms with Crippen LogP contribution in [0.2, 0.25) is 5.02 Å². The van der Waals surface area contributed by atoms with Crippen molar-refractivity contribution in [1.29, 1.82) is 0 Å². The van der Waals surface area contributed by atoms with Gasteiger partial charge in [0.05, 0.1) is 10.6 Å². The first kappa shape index (κ1) is 20.1. The molecule has 2 aromatic rings. The molecule has 1 aliphatic heterocycles. The van der Waals surface area contributed by atoms with Crippen molar-refractivity contribution in [3.63, 3.8) is 0 Å². The van der Waals surface area contributed by atoms with Crippen LogP contribution in [-0.4, -0.2) is 48.9 Å². The first-order chi connectivity index (χ1) is 13.5. The molecule has 6 nitrogen and oxygen atoms in total. The molecule has 1 fully saturated rings. The van der Waals surface area contributed by atoms with E-state index in [1.54, 1.807) is 31.4 Å². The van der Waals surface area contributed by atoms with Crippen LogP contribution in [0.3, 0.4) is 0 Å². The maximum absolute atomic E-state index is 12.6. The van der Waals surface area contributed by atoms with Gasteiger partial charge in [0.2, 0.25) is 0 Å². The van der Waals surface area contributed by atoms with E-state index in [2.05, 4.69) is 10.3 Å². The van der Waals surface area contributed by atoms with Crippen molar-refractivity contribution in [2.24, 2.45) is 0 Å². The number of anilines is 1. The number of amides is 2. The van der Waals surface area contributed by atoms with E-state index in [1.807, 2.05) is 29.0 Å². The number of likely N-dealkylation sites (tertiary alicyclic amines) is 1. The second kappa shape index (κ2) is 9.06. The first-order valence-corrected chi connectivity index (χ1v) is 9.84. The van der Waals surface area contributed by atoms with Crippen molar-refractivity contribution in [3.05, 3.63) is 58.2 Å². The van der Waals surface area contributed by atoms with Gasteiger partial charge in [-0.15, -0.1) is 0 Å². The summed E-state index contributed by atoms with van der Waals surface area (Å²) in [6, 6.07) is 9.09. The van der Waals surface area contributed by atoms with Gasteiger partial charge < -0.3 is 15.1 Å². The molecule has 1 aromatic heterocycles. The summed E-state index contributed by atoms with van der Waals surface area (Å²) in [4.78, 5) is 32.5. The second-order valence-electron chi connectivity index (χ2n) is 7.01. The van der Waals surface area contributed by atoms with Gasteiger partial charge in [0.25, 0.3) is 11.8 Å². The molecule has 0 spiro atoms.